The van der Waals surface area contributed by atoms with Crippen LogP contribution in [0.25, 0.3) is 22.1 Å². The zero-order valence-corrected chi connectivity index (χ0v) is 14.8. The summed E-state index contributed by atoms with van der Waals surface area (Å²) in [6.45, 7) is 0. The first-order valence-electron chi connectivity index (χ1n) is 8.00. The number of rotatable bonds is 4. The van der Waals surface area contributed by atoms with Crippen LogP contribution >= 0.6 is 0 Å². The normalized spacial score (nSPS) is 12.2. The number of furan rings is 1. The molecular weight excluding hydrogens is 351 g/mol. The Hall–Kier alpha value is -2.92. The second-order valence-corrected chi connectivity index (χ2v) is 7.09. The highest BCUT2D eigenvalue weighted by molar-refractivity contribution is 7.85. The number of benzene rings is 3. The van der Waals surface area contributed by atoms with Crippen molar-refractivity contribution in [2.45, 2.75) is 9.99 Å². The summed E-state index contributed by atoms with van der Waals surface area (Å²) in [7, 11) is 0.0581. The summed E-state index contributed by atoms with van der Waals surface area (Å²) in [5.41, 5.74) is 2.12. The Kier molecular flexibility index (Phi) is 4.31. The summed E-state index contributed by atoms with van der Waals surface area (Å²) in [4.78, 5) is 0.605. The first-order chi connectivity index (χ1) is 12.7. The van der Waals surface area contributed by atoms with Gasteiger partial charge in [-0.1, -0.05) is 30.3 Å². The van der Waals surface area contributed by atoms with Gasteiger partial charge in [-0.3, -0.25) is 0 Å². The molecule has 3 aromatic carbocycles. The van der Waals surface area contributed by atoms with Gasteiger partial charge in [0.25, 0.3) is 0 Å². The molecule has 4 aromatic rings. The fraction of sp³-hybridized carbons (Fsp3) is 0.0476. The number of fused-ring (bicyclic) bond motifs is 1. The molecule has 1 unspecified atom stereocenters. The monoisotopic (exact) mass is 366 g/mol. The molecule has 0 radical (unpaired) electrons. The molecule has 0 bridgehead atoms. The van der Waals surface area contributed by atoms with Gasteiger partial charge in [-0.05, 0) is 48.0 Å². The summed E-state index contributed by atoms with van der Waals surface area (Å²) in [5.74, 6) is 0.369. The third-order valence-corrected chi connectivity index (χ3v) is 5.46. The summed E-state index contributed by atoms with van der Waals surface area (Å²) < 4.78 is 37.6. The lowest BCUT2D eigenvalue weighted by Crippen LogP contribution is -1.94. The Balaban J connectivity index is 1.89. The van der Waals surface area contributed by atoms with E-state index < -0.39 is 10.8 Å². The van der Waals surface area contributed by atoms with Crippen LogP contribution in [0.15, 0.2) is 87.2 Å². The molecule has 0 aliphatic heterocycles. The second kappa shape index (κ2) is 6.77. The van der Waals surface area contributed by atoms with E-state index in [1.54, 1.807) is 43.5 Å². The standard InChI is InChI=1S/C21H15FO3S/c1-24-16-10-12-17(13-11-16)26(23)21-20(14-6-8-15(22)9-7-14)18-4-2-3-5-19(18)25-21/h2-13H,1H3. The average molecular weight is 366 g/mol. The summed E-state index contributed by atoms with van der Waals surface area (Å²) in [6, 6.07) is 20.6. The molecule has 0 fully saturated rings. The van der Waals surface area contributed by atoms with Crippen LogP contribution in [0.2, 0.25) is 0 Å². The number of halogens is 1. The SMILES string of the molecule is COc1ccc(S(=O)c2oc3ccccc3c2-c2ccc(F)cc2)cc1. The largest absolute Gasteiger partial charge is 0.497 e. The van der Waals surface area contributed by atoms with Crippen LogP contribution in [0.5, 0.6) is 5.75 Å². The Morgan fingerprint density at radius 1 is 0.923 bits per heavy atom. The van der Waals surface area contributed by atoms with Crippen molar-refractivity contribution in [2.24, 2.45) is 0 Å². The van der Waals surface area contributed by atoms with Gasteiger partial charge >= 0.3 is 0 Å². The van der Waals surface area contributed by atoms with E-state index in [1.807, 2.05) is 24.3 Å². The number of hydrogen-bond donors (Lipinski definition) is 0. The lowest BCUT2D eigenvalue weighted by atomic mass is 10.0. The molecule has 0 aliphatic rings. The van der Waals surface area contributed by atoms with Crippen molar-refractivity contribution in [2.75, 3.05) is 7.11 Å². The summed E-state index contributed by atoms with van der Waals surface area (Å²) >= 11 is 0. The number of methoxy groups -OCH3 is 1. The van der Waals surface area contributed by atoms with Gasteiger partial charge in [-0.2, -0.15) is 0 Å². The Bertz CT molecular complexity index is 1080. The maximum atomic E-state index is 13.3. The van der Waals surface area contributed by atoms with E-state index in [0.29, 0.717) is 21.3 Å². The van der Waals surface area contributed by atoms with Crippen LogP contribution in [-0.2, 0) is 10.8 Å². The quantitative estimate of drug-likeness (QED) is 0.484. The van der Waals surface area contributed by atoms with E-state index in [0.717, 1.165) is 16.5 Å². The molecule has 130 valence electrons. The van der Waals surface area contributed by atoms with E-state index in [1.165, 1.54) is 12.1 Å². The van der Waals surface area contributed by atoms with E-state index in [2.05, 4.69) is 0 Å². The third-order valence-electron chi connectivity index (χ3n) is 4.14. The van der Waals surface area contributed by atoms with Gasteiger partial charge in [0.15, 0.2) is 0 Å². The molecule has 26 heavy (non-hydrogen) atoms. The molecule has 0 spiro atoms. The highest BCUT2D eigenvalue weighted by Gasteiger charge is 2.22. The molecule has 0 aliphatic carbocycles. The number of para-hydroxylation sites is 1. The van der Waals surface area contributed by atoms with Crippen molar-refractivity contribution >= 4 is 21.8 Å². The first-order valence-corrected chi connectivity index (χ1v) is 9.15. The third kappa shape index (κ3) is 2.91. The molecule has 0 amide bonds. The number of ether oxygens (including phenoxy) is 1. The predicted molar refractivity (Wildman–Crippen MR) is 99.3 cm³/mol. The van der Waals surface area contributed by atoms with Crippen LogP contribution in [0.3, 0.4) is 0 Å². The van der Waals surface area contributed by atoms with Gasteiger partial charge in [-0.15, -0.1) is 0 Å². The van der Waals surface area contributed by atoms with Crippen LogP contribution in [-0.4, -0.2) is 11.3 Å². The van der Waals surface area contributed by atoms with Crippen molar-refractivity contribution in [1.82, 2.24) is 0 Å². The molecule has 0 saturated heterocycles. The van der Waals surface area contributed by atoms with Gasteiger partial charge in [-0.25, -0.2) is 8.60 Å². The van der Waals surface area contributed by atoms with E-state index in [4.69, 9.17) is 9.15 Å². The maximum absolute atomic E-state index is 13.3. The minimum atomic E-state index is -1.52. The molecule has 4 rings (SSSR count). The van der Waals surface area contributed by atoms with E-state index in [9.17, 15) is 8.60 Å². The lowest BCUT2D eigenvalue weighted by Gasteiger charge is -2.05. The lowest BCUT2D eigenvalue weighted by molar-refractivity contribution is 0.414. The fourth-order valence-corrected chi connectivity index (χ4v) is 4.03. The molecular formula is C21H15FO3S. The zero-order valence-electron chi connectivity index (χ0n) is 13.9. The van der Waals surface area contributed by atoms with Crippen LogP contribution < -0.4 is 4.74 Å². The summed E-state index contributed by atoms with van der Waals surface area (Å²) in [5, 5.41) is 1.19. The van der Waals surface area contributed by atoms with Crippen LogP contribution in [0.1, 0.15) is 0 Å². The maximum Gasteiger partial charge on any atom is 0.204 e. The Morgan fingerprint density at radius 2 is 1.62 bits per heavy atom. The molecule has 0 saturated carbocycles. The van der Waals surface area contributed by atoms with Crippen molar-refractivity contribution < 1.29 is 17.8 Å². The molecule has 5 heteroatoms. The fourth-order valence-electron chi connectivity index (χ4n) is 2.85. The van der Waals surface area contributed by atoms with Gasteiger partial charge in [0.1, 0.15) is 27.9 Å². The molecule has 3 nitrogen and oxygen atoms in total. The van der Waals surface area contributed by atoms with Gasteiger partial charge < -0.3 is 9.15 Å². The zero-order chi connectivity index (χ0) is 18.1. The first kappa shape index (κ1) is 16.5. The van der Waals surface area contributed by atoms with Crippen molar-refractivity contribution in [3.05, 3.63) is 78.6 Å². The molecule has 1 heterocycles. The molecule has 1 atom stereocenters. The smallest absolute Gasteiger partial charge is 0.204 e. The van der Waals surface area contributed by atoms with Gasteiger partial charge in [0, 0.05) is 15.8 Å². The highest BCUT2D eigenvalue weighted by atomic mass is 32.2. The van der Waals surface area contributed by atoms with Gasteiger partial charge in [0.2, 0.25) is 5.09 Å². The van der Waals surface area contributed by atoms with E-state index >= 15 is 0 Å². The van der Waals surface area contributed by atoms with E-state index in [-0.39, 0.29) is 5.82 Å². The second-order valence-electron chi connectivity index (χ2n) is 5.71. The van der Waals surface area contributed by atoms with Crippen molar-refractivity contribution in [1.29, 1.82) is 0 Å². The Morgan fingerprint density at radius 3 is 2.31 bits per heavy atom. The predicted octanol–water partition coefficient (Wildman–Crippen LogP) is 5.41. The van der Waals surface area contributed by atoms with Crippen LogP contribution in [0, 0.1) is 5.82 Å². The molecule has 1 aromatic heterocycles. The Labute approximate surface area is 152 Å². The van der Waals surface area contributed by atoms with Crippen molar-refractivity contribution in [3.63, 3.8) is 0 Å². The summed E-state index contributed by atoms with van der Waals surface area (Å²) in [6.07, 6.45) is 0. The highest BCUT2D eigenvalue weighted by Crippen LogP contribution is 2.38. The minimum absolute atomic E-state index is 0.320. The van der Waals surface area contributed by atoms with Crippen molar-refractivity contribution in [3.8, 4) is 16.9 Å². The topological polar surface area (TPSA) is 39.4 Å². The average Bonchev–Trinajstić information content (AvgIpc) is 3.07. The number of hydrogen-bond acceptors (Lipinski definition) is 3. The van der Waals surface area contributed by atoms with Crippen LogP contribution in [0.4, 0.5) is 4.39 Å². The molecule has 0 N–H and O–H groups in total. The van der Waals surface area contributed by atoms with Gasteiger partial charge in [0.05, 0.1) is 7.11 Å². The minimum Gasteiger partial charge on any atom is -0.497 e.